The first kappa shape index (κ1) is 17.5. The third-order valence-corrected chi connectivity index (χ3v) is 3.85. The van der Waals surface area contributed by atoms with Gasteiger partial charge in [-0.1, -0.05) is 36.4 Å². The van der Waals surface area contributed by atoms with Crippen LogP contribution in [0.2, 0.25) is 0 Å². The minimum Gasteiger partial charge on any atom is -0.496 e. The number of hydrogen-bond donors (Lipinski definition) is 1. The maximum Gasteiger partial charge on any atom is 0.255 e. The number of carbonyl (C=O) groups excluding carboxylic acids is 2. The molecule has 0 radical (unpaired) electrons. The second-order valence-corrected chi connectivity index (χ2v) is 5.45. The minimum atomic E-state index is -0.208. The molecule has 0 atom stereocenters. The smallest absolute Gasteiger partial charge is 0.255 e. The monoisotopic (exact) mass is 326 g/mol. The van der Waals surface area contributed by atoms with Crippen LogP contribution in [0.15, 0.2) is 48.5 Å². The predicted octanol–water partition coefficient (Wildman–Crippen LogP) is 2.39. The molecule has 0 aliphatic heterocycles. The van der Waals surface area contributed by atoms with E-state index >= 15 is 0 Å². The molecule has 0 spiro atoms. The number of hydrogen-bond acceptors (Lipinski definition) is 3. The standard InChI is InChI=1S/C19H22N2O3/c1-14-16(10-7-11-17(14)24-3)19(23)21(13-18(22)20-2)12-15-8-5-4-6-9-15/h4-11H,12-13H2,1-3H3,(H,20,22). The lowest BCUT2D eigenvalue weighted by atomic mass is 10.1. The number of methoxy groups -OCH3 is 1. The van der Waals surface area contributed by atoms with Crippen molar-refractivity contribution in [1.82, 2.24) is 10.2 Å². The van der Waals surface area contributed by atoms with E-state index in [4.69, 9.17) is 4.74 Å². The van der Waals surface area contributed by atoms with Crippen LogP contribution in [0.25, 0.3) is 0 Å². The first-order valence-corrected chi connectivity index (χ1v) is 7.74. The summed E-state index contributed by atoms with van der Waals surface area (Å²) in [4.78, 5) is 26.3. The summed E-state index contributed by atoms with van der Waals surface area (Å²) >= 11 is 0. The predicted molar refractivity (Wildman–Crippen MR) is 93.0 cm³/mol. The summed E-state index contributed by atoms with van der Waals surface area (Å²) in [5, 5.41) is 2.57. The van der Waals surface area contributed by atoms with Crippen molar-refractivity contribution in [2.45, 2.75) is 13.5 Å². The van der Waals surface area contributed by atoms with Crippen LogP contribution in [0.3, 0.4) is 0 Å². The number of rotatable bonds is 6. The fraction of sp³-hybridized carbons (Fsp3) is 0.263. The highest BCUT2D eigenvalue weighted by Crippen LogP contribution is 2.22. The minimum absolute atomic E-state index is 0.000870. The fourth-order valence-electron chi connectivity index (χ4n) is 2.49. The number of nitrogens with one attached hydrogen (secondary N) is 1. The van der Waals surface area contributed by atoms with E-state index in [2.05, 4.69) is 5.32 Å². The van der Waals surface area contributed by atoms with Gasteiger partial charge in [-0.3, -0.25) is 9.59 Å². The molecule has 126 valence electrons. The van der Waals surface area contributed by atoms with Crippen molar-refractivity contribution in [2.24, 2.45) is 0 Å². The van der Waals surface area contributed by atoms with Gasteiger partial charge in [-0.2, -0.15) is 0 Å². The molecule has 0 heterocycles. The molecular weight excluding hydrogens is 304 g/mol. The molecule has 0 bridgehead atoms. The average molecular weight is 326 g/mol. The summed E-state index contributed by atoms with van der Waals surface area (Å²) in [6.07, 6.45) is 0. The van der Waals surface area contributed by atoms with Gasteiger partial charge < -0.3 is 15.0 Å². The molecule has 2 aromatic rings. The second-order valence-electron chi connectivity index (χ2n) is 5.45. The fourth-order valence-corrected chi connectivity index (χ4v) is 2.49. The zero-order valence-corrected chi connectivity index (χ0v) is 14.2. The van der Waals surface area contributed by atoms with E-state index in [0.717, 1.165) is 11.1 Å². The average Bonchev–Trinajstić information content (AvgIpc) is 2.61. The van der Waals surface area contributed by atoms with Crippen LogP contribution in [0.4, 0.5) is 0 Å². The van der Waals surface area contributed by atoms with Crippen molar-refractivity contribution in [3.63, 3.8) is 0 Å². The number of nitrogens with zero attached hydrogens (tertiary/aromatic N) is 1. The van der Waals surface area contributed by atoms with Crippen LogP contribution in [0, 0.1) is 6.92 Å². The van der Waals surface area contributed by atoms with Gasteiger partial charge in [0.15, 0.2) is 0 Å². The Hall–Kier alpha value is -2.82. The highest BCUT2D eigenvalue weighted by atomic mass is 16.5. The van der Waals surface area contributed by atoms with Gasteiger partial charge in [-0.05, 0) is 24.6 Å². The third-order valence-electron chi connectivity index (χ3n) is 3.85. The normalized spacial score (nSPS) is 10.1. The van der Waals surface area contributed by atoms with E-state index in [1.165, 1.54) is 4.90 Å². The van der Waals surface area contributed by atoms with Crippen molar-refractivity contribution >= 4 is 11.8 Å². The van der Waals surface area contributed by atoms with Gasteiger partial charge in [0.2, 0.25) is 5.91 Å². The molecule has 5 nitrogen and oxygen atoms in total. The lowest BCUT2D eigenvalue weighted by Crippen LogP contribution is -2.39. The Balaban J connectivity index is 2.32. The van der Waals surface area contributed by atoms with Gasteiger partial charge in [0.05, 0.1) is 7.11 Å². The molecule has 2 aromatic carbocycles. The first-order valence-electron chi connectivity index (χ1n) is 7.74. The zero-order chi connectivity index (χ0) is 17.5. The van der Waals surface area contributed by atoms with Crippen LogP contribution in [-0.4, -0.2) is 37.4 Å². The van der Waals surface area contributed by atoms with E-state index in [1.54, 1.807) is 26.3 Å². The van der Waals surface area contributed by atoms with Crippen LogP contribution in [0.5, 0.6) is 5.75 Å². The quantitative estimate of drug-likeness (QED) is 0.887. The Morgan fingerprint density at radius 1 is 1.08 bits per heavy atom. The number of ether oxygens (including phenoxy) is 1. The van der Waals surface area contributed by atoms with Crippen molar-refractivity contribution in [3.8, 4) is 5.75 Å². The van der Waals surface area contributed by atoms with Crippen molar-refractivity contribution < 1.29 is 14.3 Å². The molecule has 0 fully saturated rings. The number of carbonyl (C=O) groups is 2. The molecule has 0 aliphatic rings. The summed E-state index contributed by atoms with van der Waals surface area (Å²) in [6.45, 7) is 2.21. The highest BCUT2D eigenvalue weighted by Gasteiger charge is 2.21. The van der Waals surface area contributed by atoms with Crippen LogP contribution in [-0.2, 0) is 11.3 Å². The van der Waals surface area contributed by atoms with Crippen LogP contribution >= 0.6 is 0 Å². The van der Waals surface area contributed by atoms with E-state index in [-0.39, 0.29) is 18.4 Å². The molecule has 0 saturated heterocycles. The topological polar surface area (TPSA) is 58.6 Å². The van der Waals surface area contributed by atoms with E-state index in [9.17, 15) is 9.59 Å². The Labute approximate surface area is 142 Å². The Morgan fingerprint density at radius 3 is 2.42 bits per heavy atom. The van der Waals surface area contributed by atoms with E-state index < -0.39 is 0 Å². The SMILES string of the molecule is CNC(=O)CN(Cc1ccccc1)C(=O)c1cccc(OC)c1C. The number of amides is 2. The molecule has 2 amide bonds. The molecule has 0 unspecified atom stereocenters. The Morgan fingerprint density at radius 2 is 1.79 bits per heavy atom. The first-order chi connectivity index (χ1) is 11.6. The Bertz CT molecular complexity index is 714. The second kappa shape index (κ2) is 8.15. The molecule has 5 heteroatoms. The van der Waals surface area contributed by atoms with E-state index in [0.29, 0.717) is 17.9 Å². The van der Waals surface area contributed by atoms with Gasteiger partial charge in [0.25, 0.3) is 5.91 Å². The summed E-state index contributed by atoms with van der Waals surface area (Å²) in [7, 11) is 3.13. The van der Waals surface area contributed by atoms with Crippen molar-refractivity contribution in [1.29, 1.82) is 0 Å². The molecule has 0 aliphatic carbocycles. The van der Waals surface area contributed by atoms with Gasteiger partial charge >= 0.3 is 0 Å². The van der Waals surface area contributed by atoms with Crippen molar-refractivity contribution in [3.05, 3.63) is 65.2 Å². The zero-order valence-electron chi connectivity index (χ0n) is 14.2. The number of likely N-dealkylation sites (N-methyl/N-ethyl adjacent to an activating group) is 1. The van der Waals surface area contributed by atoms with Gasteiger partial charge in [0, 0.05) is 24.7 Å². The van der Waals surface area contributed by atoms with Gasteiger partial charge in [-0.25, -0.2) is 0 Å². The lowest BCUT2D eigenvalue weighted by molar-refractivity contribution is -0.121. The lowest BCUT2D eigenvalue weighted by Gasteiger charge is -2.23. The van der Waals surface area contributed by atoms with Gasteiger partial charge in [0.1, 0.15) is 12.3 Å². The van der Waals surface area contributed by atoms with Crippen molar-refractivity contribution in [2.75, 3.05) is 20.7 Å². The molecule has 0 saturated carbocycles. The molecule has 1 N–H and O–H groups in total. The summed E-state index contributed by atoms with van der Waals surface area (Å²) in [5.74, 6) is 0.249. The van der Waals surface area contributed by atoms with Crippen LogP contribution < -0.4 is 10.1 Å². The maximum absolute atomic E-state index is 13.0. The summed E-state index contributed by atoms with van der Waals surface area (Å²) < 4.78 is 5.29. The number of benzene rings is 2. The molecule has 2 rings (SSSR count). The molecular formula is C19H22N2O3. The largest absolute Gasteiger partial charge is 0.496 e. The molecule has 0 aromatic heterocycles. The van der Waals surface area contributed by atoms with Gasteiger partial charge in [-0.15, -0.1) is 0 Å². The maximum atomic E-state index is 13.0. The highest BCUT2D eigenvalue weighted by molar-refractivity contribution is 5.98. The summed E-state index contributed by atoms with van der Waals surface area (Å²) in [6, 6.07) is 14.9. The van der Waals surface area contributed by atoms with E-state index in [1.807, 2.05) is 43.3 Å². The molecule has 24 heavy (non-hydrogen) atoms. The summed E-state index contributed by atoms with van der Waals surface area (Å²) in [5.41, 5.74) is 2.27. The van der Waals surface area contributed by atoms with Crippen LogP contribution in [0.1, 0.15) is 21.5 Å². The Kier molecular flexibility index (Phi) is 5.95. The third kappa shape index (κ3) is 4.13.